The van der Waals surface area contributed by atoms with Gasteiger partial charge in [-0.25, -0.2) is 4.79 Å². The van der Waals surface area contributed by atoms with Crippen molar-refractivity contribution in [2.75, 3.05) is 17.7 Å². The van der Waals surface area contributed by atoms with Crippen LogP contribution < -0.4 is 21.9 Å². The average Bonchev–Trinajstić information content (AvgIpc) is 2.71. The number of aromatic nitrogens is 2. The lowest BCUT2D eigenvalue weighted by Gasteiger charge is -2.19. The van der Waals surface area contributed by atoms with Crippen molar-refractivity contribution < 1.29 is 4.79 Å². The van der Waals surface area contributed by atoms with Crippen LogP contribution in [0.15, 0.2) is 70.3 Å². The fourth-order valence-corrected chi connectivity index (χ4v) is 2.91. The number of nitrogen functional groups attached to an aromatic ring is 1. The molecule has 148 valence electrons. The molecule has 0 saturated carbocycles. The monoisotopic (exact) mass is 410 g/mol. The first-order valence-electron chi connectivity index (χ1n) is 8.74. The maximum atomic E-state index is 12.6. The van der Waals surface area contributed by atoms with Gasteiger partial charge in [0.05, 0.1) is 6.54 Å². The molecule has 3 N–H and O–H groups in total. The summed E-state index contributed by atoms with van der Waals surface area (Å²) in [6, 6.07) is 16.1. The second-order valence-corrected chi connectivity index (χ2v) is 6.78. The van der Waals surface area contributed by atoms with Gasteiger partial charge in [0.1, 0.15) is 5.82 Å². The largest absolute Gasteiger partial charge is 0.383 e. The third-order valence-electron chi connectivity index (χ3n) is 4.35. The second-order valence-electron chi connectivity index (χ2n) is 6.35. The van der Waals surface area contributed by atoms with Crippen molar-refractivity contribution in [1.29, 1.82) is 0 Å². The zero-order valence-corrected chi connectivity index (χ0v) is 16.4. The van der Waals surface area contributed by atoms with Crippen molar-refractivity contribution in [3.8, 4) is 0 Å². The fourth-order valence-electron chi connectivity index (χ4n) is 2.79. The van der Waals surface area contributed by atoms with Crippen molar-refractivity contribution >= 4 is 35.1 Å². The zero-order chi connectivity index (χ0) is 21.0. The number of carbonyl (C=O) groups is 1. The molecule has 8 heteroatoms. The predicted molar refractivity (Wildman–Crippen MR) is 115 cm³/mol. The van der Waals surface area contributed by atoms with Gasteiger partial charge in [0.2, 0.25) is 0 Å². The number of nitrogens with two attached hydrogens (primary N) is 1. The number of aromatic amines is 1. The summed E-state index contributed by atoms with van der Waals surface area (Å²) in [6.45, 7) is 0.165. The molecule has 0 saturated heterocycles. The molecule has 0 aliphatic heterocycles. The Bertz CT molecular complexity index is 1170. The van der Waals surface area contributed by atoms with Crippen LogP contribution in [0, 0.1) is 0 Å². The van der Waals surface area contributed by atoms with Gasteiger partial charge in [-0.15, -0.1) is 0 Å². The van der Waals surface area contributed by atoms with E-state index in [0.29, 0.717) is 5.02 Å². The summed E-state index contributed by atoms with van der Waals surface area (Å²) < 4.78 is 1.22. The van der Waals surface area contributed by atoms with E-state index < -0.39 is 17.2 Å². The van der Waals surface area contributed by atoms with Crippen molar-refractivity contribution in [3.05, 3.63) is 97.7 Å². The van der Waals surface area contributed by atoms with Gasteiger partial charge in [-0.2, -0.15) is 0 Å². The number of benzene rings is 2. The minimum absolute atomic E-state index is 0.0849. The van der Waals surface area contributed by atoms with Gasteiger partial charge < -0.3 is 10.6 Å². The number of nitrogens with one attached hydrogen (secondary N) is 1. The second kappa shape index (κ2) is 8.62. The highest BCUT2D eigenvalue weighted by atomic mass is 35.5. The lowest BCUT2D eigenvalue weighted by molar-refractivity contribution is -0.113. The quantitative estimate of drug-likeness (QED) is 0.631. The molecular weight excluding hydrogens is 392 g/mol. The summed E-state index contributed by atoms with van der Waals surface area (Å²) in [5.41, 5.74) is 6.24. The van der Waals surface area contributed by atoms with Crippen molar-refractivity contribution in [2.24, 2.45) is 0 Å². The molecule has 1 heterocycles. The Morgan fingerprint density at radius 1 is 1.14 bits per heavy atom. The Hall–Kier alpha value is -3.58. The van der Waals surface area contributed by atoms with Crippen LogP contribution in [-0.2, 0) is 11.3 Å². The molecule has 3 rings (SSSR count). The highest BCUT2D eigenvalue weighted by Crippen LogP contribution is 2.17. The van der Waals surface area contributed by atoms with Crippen LogP contribution in [0.5, 0.6) is 0 Å². The number of carbonyl (C=O) groups excluding carboxylic acids is 1. The molecule has 0 radical (unpaired) electrons. The highest BCUT2D eigenvalue weighted by molar-refractivity contribution is 6.30. The average molecular weight is 411 g/mol. The molecule has 2 aromatic carbocycles. The topological polar surface area (TPSA) is 101 Å². The minimum Gasteiger partial charge on any atom is -0.383 e. The molecule has 0 bridgehead atoms. The van der Waals surface area contributed by atoms with E-state index >= 15 is 0 Å². The SMILES string of the molecule is CN(C(=O)/C=C/c1ccc(Cl)cc1)c1c(N)n(Cc2ccccc2)c(=O)[nH]c1=O. The molecule has 1 aromatic heterocycles. The minimum atomic E-state index is -0.729. The van der Waals surface area contributed by atoms with E-state index in [9.17, 15) is 14.4 Å². The van der Waals surface area contributed by atoms with Gasteiger partial charge >= 0.3 is 5.69 Å². The number of H-pyrrole nitrogens is 1. The number of halogens is 1. The van der Waals surface area contributed by atoms with Gasteiger partial charge in [-0.05, 0) is 29.3 Å². The van der Waals surface area contributed by atoms with Crippen LogP contribution in [0.25, 0.3) is 6.08 Å². The van der Waals surface area contributed by atoms with Crippen molar-refractivity contribution in [1.82, 2.24) is 9.55 Å². The first kappa shape index (κ1) is 20.2. The smallest absolute Gasteiger partial charge is 0.330 e. The molecule has 1 amide bonds. The maximum absolute atomic E-state index is 12.6. The van der Waals surface area contributed by atoms with Crippen LogP contribution >= 0.6 is 11.6 Å². The Morgan fingerprint density at radius 3 is 2.45 bits per heavy atom. The Kier molecular flexibility index (Phi) is 5.99. The molecule has 7 nitrogen and oxygen atoms in total. The van der Waals surface area contributed by atoms with E-state index in [1.54, 1.807) is 30.3 Å². The lowest BCUT2D eigenvalue weighted by Crippen LogP contribution is -2.39. The first-order valence-corrected chi connectivity index (χ1v) is 9.12. The molecule has 0 spiro atoms. The summed E-state index contributed by atoms with van der Waals surface area (Å²) >= 11 is 5.85. The maximum Gasteiger partial charge on any atom is 0.330 e. The van der Waals surface area contributed by atoms with Crippen LogP contribution in [0.3, 0.4) is 0 Å². The number of hydrogen-bond donors (Lipinski definition) is 2. The third-order valence-corrected chi connectivity index (χ3v) is 4.60. The first-order chi connectivity index (χ1) is 13.9. The van der Waals surface area contributed by atoms with Gasteiger partial charge in [0.25, 0.3) is 11.5 Å². The van der Waals surface area contributed by atoms with Gasteiger partial charge in [-0.1, -0.05) is 54.1 Å². The molecule has 0 fully saturated rings. The summed E-state index contributed by atoms with van der Waals surface area (Å²) in [7, 11) is 1.42. The van der Waals surface area contributed by atoms with Crippen molar-refractivity contribution in [2.45, 2.75) is 6.54 Å². The molecular formula is C21H19ClN4O3. The molecule has 0 unspecified atom stereocenters. The lowest BCUT2D eigenvalue weighted by atomic mass is 10.2. The Labute approximate surface area is 171 Å². The standard InChI is InChI=1S/C21H19ClN4O3/c1-25(17(27)12-9-14-7-10-16(22)11-8-14)18-19(23)26(21(29)24-20(18)28)13-15-5-3-2-4-6-15/h2-12H,13,23H2,1H3,(H,24,28,29)/b12-9+. The number of amides is 1. The Balaban J connectivity index is 1.91. The molecule has 29 heavy (non-hydrogen) atoms. The summed E-state index contributed by atoms with van der Waals surface area (Å²) in [5, 5.41) is 0.588. The molecule has 0 atom stereocenters. The van der Waals surface area contributed by atoms with Crippen molar-refractivity contribution in [3.63, 3.8) is 0 Å². The van der Waals surface area contributed by atoms with E-state index in [0.717, 1.165) is 16.0 Å². The van der Waals surface area contributed by atoms with E-state index in [1.165, 1.54) is 17.7 Å². The van der Waals surface area contributed by atoms with E-state index in [4.69, 9.17) is 17.3 Å². The normalized spacial score (nSPS) is 11.0. The molecule has 3 aromatic rings. The van der Waals surface area contributed by atoms with E-state index in [1.807, 2.05) is 30.3 Å². The predicted octanol–water partition coefficient (Wildman–Crippen LogP) is 2.50. The number of nitrogens with zero attached hydrogens (tertiary/aromatic N) is 2. The van der Waals surface area contributed by atoms with Crippen LogP contribution in [0.2, 0.25) is 5.02 Å². The van der Waals surface area contributed by atoms with Crippen LogP contribution in [-0.4, -0.2) is 22.5 Å². The van der Waals surface area contributed by atoms with Crippen LogP contribution in [0.1, 0.15) is 11.1 Å². The highest BCUT2D eigenvalue weighted by Gasteiger charge is 2.19. The number of rotatable bonds is 5. The summed E-state index contributed by atoms with van der Waals surface area (Å²) in [4.78, 5) is 40.5. The van der Waals surface area contributed by atoms with Gasteiger partial charge in [0.15, 0.2) is 5.69 Å². The number of anilines is 2. The summed E-state index contributed by atoms with van der Waals surface area (Å²) in [5.74, 6) is -0.555. The number of hydrogen-bond acceptors (Lipinski definition) is 4. The van der Waals surface area contributed by atoms with Gasteiger partial charge in [0, 0.05) is 18.1 Å². The number of likely N-dealkylation sites (N-methyl/N-ethyl adjacent to an activating group) is 1. The Morgan fingerprint density at radius 2 is 1.79 bits per heavy atom. The fraction of sp³-hybridized carbons (Fsp3) is 0.0952. The molecule has 0 aliphatic rings. The zero-order valence-electron chi connectivity index (χ0n) is 15.6. The summed E-state index contributed by atoms with van der Waals surface area (Å²) in [6.07, 6.45) is 2.91. The van der Waals surface area contributed by atoms with E-state index in [2.05, 4.69) is 4.98 Å². The van der Waals surface area contributed by atoms with E-state index in [-0.39, 0.29) is 18.1 Å². The van der Waals surface area contributed by atoms with Gasteiger partial charge in [-0.3, -0.25) is 19.1 Å². The third kappa shape index (κ3) is 4.64. The molecule has 0 aliphatic carbocycles. The van der Waals surface area contributed by atoms with Crippen LogP contribution in [0.4, 0.5) is 11.5 Å².